The van der Waals surface area contributed by atoms with Crippen LogP contribution in [0, 0.1) is 17.8 Å². The van der Waals surface area contributed by atoms with Crippen molar-refractivity contribution in [2.45, 2.75) is 173 Å². The monoisotopic (exact) mass is 956 g/mol. The first-order valence-electron chi connectivity index (χ1n) is 24.4. The van der Waals surface area contributed by atoms with Gasteiger partial charge in [0.2, 0.25) is 5.91 Å². The Kier molecular flexibility index (Phi) is 18.6. The van der Waals surface area contributed by atoms with E-state index in [4.69, 9.17) is 29.4 Å². The smallest absolute Gasteiger partial charge is 0.410 e. The lowest BCUT2D eigenvalue weighted by Gasteiger charge is -2.47. The molecule has 5 rings (SSSR count). The summed E-state index contributed by atoms with van der Waals surface area (Å²) in [6, 6.07) is 6.17. The third-order valence-corrected chi connectivity index (χ3v) is 14.0. The highest BCUT2D eigenvalue weighted by Crippen LogP contribution is 2.40. The van der Waals surface area contributed by atoms with Crippen LogP contribution < -0.4 is 21.7 Å². The average Bonchev–Trinajstić information content (AvgIpc) is 3.86. The number of aryl methyl sites for hydroxylation is 1. The van der Waals surface area contributed by atoms with Gasteiger partial charge in [-0.15, -0.1) is 5.10 Å². The number of rotatable bonds is 15. The Morgan fingerprint density at radius 1 is 1.10 bits per heavy atom. The number of methoxy groups -OCH3 is 1. The number of ketones is 1. The average molecular weight is 956 g/mol. The van der Waals surface area contributed by atoms with Crippen LogP contribution in [-0.2, 0) is 44.6 Å². The van der Waals surface area contributed by atoms with Crippen LogP contribution in [-0.4, -0.2) is 167 Å². The summed E-state index contributed by atoms with van der Waals surface area (Å²) in [5, 5.41) is 30.2. The van der Waals surface area contributed by atoms with Crippen LogP contribution in [0.25, 0.3) is 11.3 Å². The fourth-order valence-corrected chi connectivity index (χ4v) is 10.1. The van der Waals surface area contributed by atoms with Gasteiger partial charge in [-0.1, -0.05) is 38.1 Å². The summed E-state index contributed by atoms with van der Waals surface area (Å²) in [6.45, 7) is 20.5. The number of aliphatic hydroxyl groups is 1. The summed E-state index contributed by atoms with van der Waals surface area (Å²) in [5.41, 5.74) is 5.55. The number of ether oxygens (including phenoxy) is 5. The molecule has 19 nitrogen and oxygen atoms in total. The molecule has 0 aliphatic carbocycles. The zero-order valence-corrected chi connectivity index (χ0v) is 42.7. The predicted octanol–water partition coefficient (Wildman–Crippen LogP) is 3.77. The maximum atomic E-state index is 14.6. The van der Waals surface area contributed by atoms with Gasteiger partial charge in [0.05, 0.1) is 36.6 Å². The van der Waals surface area contributed by atoms with Gasteiger partial charge in [0.15, 0.2) is 17.7 Å². The molecule has 1 aromatic heterocycles. The van der Waals surface area contributed by atoms with Crippen LogP contribution in [0.15, 0.2) is 30.5 Å². The number of carbonyl (C=O) groups is 4. The minimum absolute atomic E-state index is 0.0766. The van der Waals surface area contributed by atoms with Crippen LogP contribution in [0.2, 0.25) is 0 Å². The SMILES string of the molecule is CC[C@H]1OC(=O)[C@H](C)C(=O)[C@H](C)[C@@H](O[C@@H]2OC(CNC(=O)CNC(C)(C)C)CC(N(C)C)C2O)[C@](C)(OC)C[C@@H](C)CN[C@H](C)[C@H]2N(CCCCn3cc(-c4cccc(N)c4)nn3)C(=O)O[C@]12C. The van der Waals surface area contributed by atoms with E-state index in [1.54, 1.807) is 23.6 Å². The van der Waals surface area contributed by atoms with Crippen LogP contribution in [0.1, 0.15) is 101 Å². The Morgan fingerprint density at radius 2 is 1.81 bits per heavy atom. The molecule has 3 fully saturated rings. The van der Waals surface area contributed by atoms with Crippen LogP contribution in [0.4, 0.5) is 10.5 Å². The summed E-state index contributed by atoms with van der Waals surface area (Å²) in [6.07, 6.45) is -0.969. The molecule has 382 valence electrons. The fourth-order valence-electron chi connectivity index (χ4n) is 10.1. The molecule has 13 atom stereocenters. The van der Waals surface area contributed by atoms with Crippen LogP contribution in [0.5, 0.6) is 0 Å². The Morgan fingerprint density at radius 3 is 2.46 bits per heavy atom. The maximum Gasteiger partial charge on any atom is 0.410 e. The topological polar surface area (TPSA) is 234 Å². The van der Waals surface area contributed by atoms with Crippen molar-refractivity contribution in [2.24, 2.45) is 17.8 Å². The van der Waals surface area contributed by atoms with Gasteiger partial charge in [0.25, 0.3) is 0 Å². The van der Waals surface area contributed by atoms with Gasteiger partial charge in [-0.05, 0) is 119 Å². The quantitative estimate of drug-likeness (QED) is 0.0740. The molecule has 0 radical (unpaired) electrons. The number of Topliss-reactive ketones (excluding diaryl/α,β-unsaturated/α-hetero) is 1. The number of benzene rings is 1. The minimum atomic E-state index is -1.27. The molecular weight excluding hydrogens is 875 g/mol. The number of unbranched alkanes of at least 4 members (excludes halogenated alkanes) is 1. The second-order valence-corrected chi connectivity index (χ2v) is 21.0. The van der Waals surface area contributed by atoms with Crippen molar-refractivity contribution in [2.75, 3.05) is 53.1 Å². The number of carbonyl (C=O) groups excluding carboxylic acids is 4. The number of cyclic esters (lactones) is 1. The summed E-state index contributed by atoms with van der Waals surface area (Å²) >= 11 is 0. The molecule has 0 saturated carbocycles. The standard InChI is InChI=1S/C49H81N9O10/c1-14-38-49(10)42(58(46(63)68-49)21-16-15-20-57-28-36(54-55-57)33-18-17-19-34(50)22-33)32(5)51-25-29(2)24-48(9,64-13)43(30(3)40(60)31(4)44(62)66-38)67-45-41(61)37(56(11)12)23-35(65-45)26-52-39(59)27-53-47(6,7)8/h17-19,22,28-32,35,37-38,41-43,45,51,53,61H,14-16,20-21,23-27,50H2,1-13H3,(H,52,59)/t29-,30+,31-,32-,35?,37?,38-,41?,42-,43-,45+,48-,49-/m1/s1. The second kappa shape index (κ2) is 23.1. The summed E-state index contributed by atoms with van der Waals surface area (Å²) in [5.74, 6) is -3.67. The van der Waals surface area contributed by atoms with E-state index in [0.717, 1.165) is 5.56 Å². The van der Waals surface area contributed by atoms with Crippen LogP contribution >= 0.6 is 0 Å². The Labute approximate surface area is 403 Å². The van der Waals surface area contributed by atoms with Gasteiger partial charge in [-0.2, -0.15) is 0 Å². The number of aromatic nitrogens is 3. The van der Waals surface area contributed by atoms with Crippen molar-refractivity contribution in [1.82, 2.24) is 40.7 Å². The van der Waals surface area contributed by atoms with E-state index in [-0.39, 0.29) is 36.5 Å². The van der Waals surface area contributed by atoms with E-state index in [1.807, 2.05) is 97.9 Å². The Balaban J connectivity index is 1.37. The van der Waals surface area contributed by atoms with Gasteiger partial charge in [0.1, 0.15) is 23.8 Å². The highest BCUT2D eigenvalue weighted by molar-refractivity contribution is 6.00. The van der Waals surface area contributed by atoms with Crippen molar-refractivity contribution in [1.29, 1.82) is 0 Å². The van der Waals surface area contributed by atoms with Gasteiger partial charge in [-0.25, -0.2) is 4.79 Å². The van der Waals surface area contributed by atoms with E-state index in [1.165, 1.54) is 6.92 Å². The lowest BCUT2D eigenvalue weighted by atomic mass is 9.78. The first-order valence-corrected chi connectivity index (χ1v) is 24.4. The number of likely N-dealkylation sites (N-methyl/N-ethyl adjacent to an activating group) is 1. The number of hydrogen-bond donors (Lipinski definition) is 5. The lowest BCUT2D eigenvalue weighted by molar-refractivity contribution is -0.296. The molecule has 19 heteroatoms. The number of hydrogen-bond acceptors (Lipinski definition) is 16. The molecule has 68 heavy (non-hydrogen) atoms. The largest absolute Gasteiger partial charge is 0.458 e. The number of nitrogens with two attached hydrogens (primary N) is 1. The summed E-state index contributed by atoms with van der Waals surface area (Å²) in [4.78, 5) is 59.2. The first-order chi connectivity index (χ1) is 31.9. The molecule has 6 N–H and O–H groups in total. The third-order valence-electron chi connectivity index (χ3n) is 14.0. The molecule has 2 amide bonds. The third kappa shape index (κ3) is 13.3. The fraction of sp³-hybridized carbons (Fsp3) is 0.755. The normalized spacial score (nSPS) is 33.4. The number of aliphatic hydroxyl groups excluding tert-OH is 1. The highest BCUT2D eigenvalue weighted by Gasteiger charge is 2.59. The van der Waals surface area contributed by atoms with Crippen molar-refractivity contribution in [3.8, 4) is 11.3 Å². The van der Waals surface area contributed by atoms with E-state index < -0.39 is 83.7 Å². The van der Waals surface area contributed by atoms with Crippen molar-refractivity contribution < 1.29 is 48.0 Å². The number of nitrogens with zero attached hydrogens (tertiary/aromatic N) is 5. The maximum absolute atomic E-state index is 14.6. The van der Waals surface area contributed by atoms with E-state index in [9.17, 15) is 24.3 Å². The van der Waals surface area contributed by atoms with Crippen molar-refractivity contribution in [3.05, 3.63) is 30.5 Å². The van der Waals surface area contributed by atoms with Gasteiger partial charge >= 0.3 is 12.1 Å². The molecular formula is C49H81N9O10. The van der Waals surface area contributed by atoms with Gasteiger partial charge in [-0.3, -0.25) is 24.0 Å². The molecule has 3 saturated heterocycles. The van der Waals surface area contributed by atoms with Crippen molar-refractivity contribution >= 4 is 29.4 Å². The highest BCUT2D eigenvalue weighted by atomic mass is 16.7. The molecule has 1 aromatic carbocycles. The molecule has 0 bridgehead atoms. The lowest BCUT2D eigenvalue weighted by Crippen LogP contribution is -2.61. The summed E-state index contributed by atoms with van der Waals surface area (Å²) < 4.78 is 33.8. The van der Waals surface area contributed by atoms with Crippen LogP contribution in [0.3, 0.4) is 0 Å². The molecule has 3 aliphatic rings. The molecule has 0 spiro atoms. The predicted molar refractivity (Wildman–Crippen MR) is 257 cm³/mol. The number of nitrogen functional groups attached to an aromatic ring is 1. The van der Waals surface area contributed by atoms with E-state index in [0.29, 0.717) is 63.1 Å². The van der Waals surface area contributed by atoms with E-state index >= 15 is 0 Å². The van der Waals surface area contributed by atoms with Gasteiger partial charge < -0.3 is 55.4 Å². The second-order valence-electron chi connectivity index (χ2n) is 21.0. The zero-order chi connectivity index (χ0) is 50.3. The molecule has 4 heterocycles. The number of amides is 2. The first kappa shape index (κ1) is 54.7. The zero-order valence-electron chi connectivity index (χ0n) is 42.7. The molecule has 3 aliphatic heterocycles. The number of anilines is 1. The molecule has 2 aromatic rings. The number of nitrogens with one attached hydrogen (secondary N) is 3. The number of esters is 1. The Hall–Kier alpha value is -4.24. The minimum Gasteiger partial charge on any atom is -0.458 e. The number of fused-ring (bicyclic) bond motifs is 1. The van der Waals surface area contributed by atoms with Gasteiger partial charge in [0, 0.05) is 61.5 Å². The Bertz CT molecular complexity index is 2010. The molecule has 3 unspecified atom stereocenters. The van der Waals surface area contributed by atoms with Crippen molar-refractivity contribution in [3.63, 3.8) is 0 Å². The van der Waals surface area contributed by atoms with E-state index in [2.05, 4.69) is 33.2 Å². The summed E-state index contributed by atoms with van der Waals surface area (Å²) in [7, 11) is 5.27.